The summed E-state index contributed by atoms with van der Waals surface area (Å²) < 4.78 is 5.22. The maximum absolute atomic E-state index is 12.5. The van der Waals surface area contributed by atoms with Gasteiger partial charge in [-0.05, 0) is 56.7 Å². The molecule has 1 amide bonds. The van der Waals surface area contributed by atoms with Crippen LogP contribution in [0.4, 0.5) is 0 Å². The van der Waals surface area contributed by atoms with Crippen molar-refractivity contribution >= 4 is 5.91 Å². The van der Waals surface area contributed by atoms with Crippen LogP contribution in [0.1, 0.15) is 55.3 Å². The lowest BCUT2D eigenvalue weighted by molar-refractivity contribution is 0.0175. The molecule has 2 saturated heterocycles. The summed E-state index contributed by atoms with van der Waals surface area (Å²) in [7, 11) is 1.63. The van der Waals surface area contributed by atoms with Crippen LogP contribution in [0.25, 0.3) is 0 Å². The van der Waals surface area contributed by atoms with Crippen LogP contribution in [0.15, 0.2) is 24.3 Å². The Labute approximate surface area is 138 Å². The number of piperidine rings is 2. The number of ether oxygens (including phenoxy) is 1. The van der Waals surface area contributed by atoms with E-state index in [0.717, 1.165) is 24.6 Å². The molecular formula is C19H26N2O2. The highest BCUT2D eigenvalue weighted by Crippen LogP contribution is 2.41. The molecule has 2 aliphatic heterocycles. The van der Waals surface area contributed by atoms with Gasteiger partial charge in [0.25, 0.3) is 5.91 Å². The topological polar surface area (TPSA) is 41.6 Å². The van der Waals surface area contributed by atoms with Crippen molar-refractivity contribution in [1.29, 1.82) is 0 Å². The van der Waals surface area contributed by atoms with E-state index in [-0.39, 0.29) is 5.91 Å². The van der Waals surface area contributed by atoms with E-state index in [1.807, 2.05) is 24.3 Å². The predicted octanol–water partition coefficient (Wildman–Crippen LogP) is 2.97. The Balaban J connectivity index is 1.42. The molecule has 2 atom stereocenters. The predicted molar refractivity (Wildman–Crippen MR) is 89.8 cm³/mol. The summed E-state index contributed by atoms with van der Waals surface area (Å²) in [6.07, 6.45) is 8.96. The zero-order chi connectivity index (χ0) is 15.8. The van der Waals surface area contributed by atoms with E-state index in [9.17, 15) is 4.79 Å². The highest BCUT2D eigenvalue weighted by molar-refractivity contribution is 5.94. The molecule has 4 heteroatoms. The minimum atomic E-state index is 0.0341. The first-order chi connectivity index (χ1) is 11.2. The highest BCUT2D eigenvalue weighted by atomic mass is 16.5. The third-order valence-corrected chi connectivity index (χ3v) is 5.67. The van der Waals surface area contributed by atoms with Crippen molar-refractivity contribution in [3.63, 3.8) is 0 Å². The number of amides is 1. The molecule has 0 aromatic heterocycles. The number of carbonyl (C=O) groups is 1. The number of methoxy groups -OCH3 is 1. The van der Waals surface area contributed by atoms with Crippen LogP contribution in [-0.2, 0) is 0 Å². The van der Waals surface area contributed by atoms with Crippen LogP contribution < -0.4 is 10.1 Å². The number of fused-ring (bicyclic) bond motifs is 2. The SMILES string of the molecule is COc1cccc(C(=O)NC2C[C@H]3CCC[C@H](C2)N3C2CC2)c1. The molecule has 0 spiro atoms. The molecule has 1 N–H and O–H groups in total. The number of nitrogens with zero attached hydrogens (tertiary/aromatic N) is 1. The third-order valence-electron chi connectivity index (χ3n) is 5.67. The van der Waals surface area contributed by atoms with E-state index in [1.165, 1.54) is 32.1 Å². The van der Waals surface area contributed by atoms with Gasteiger partial charge in [0.1, 0.15) is 5.75 Å². The fraction of sp³-hybridized carbons (Fsp3) is 0.632. The van der Waals surface area contributed by atoms with Crippen LogP contribution in [0, 0.1) is 0 Å². The van der Waals surface area contributed by atoms with Gasteiger partial charge in [-0.1, -0.05) is 12.5 Å². The standard InChI is InChI=1S/C19H26N2O2/c1-23-18-7-2-4-13(10-18)19(22)20-14-11-16-5-3-6-17(12-14)21(16)15-8-9-15/h2,4,7,10,14-17H,3,5-6,8-9,11-12H2,1H3,(H,20,22)/t16-,17-/m1/s1. The molecule has 0 radical (unpaired) electrons. The monoisotopic (exact) mass is 314 g/mol. The lowest BCUT2D eigenvalue weighted by Crippen LogP contribution is -2.57. The summed E-state index contributed by atoms with van der Waals surface area (Å²) >= 11 is 0. The van der Waals surface area contributed by atoms with Crippen molar-refractivity contribution in [2.24, 2.45) is 0 Å². The number of carbonyl (C=O) groups excluding carboxylic acids is 1. The Morgan fingerprint density at radius 1 is 1.13 bits per heavy atom. The molecule has 0 unspecified atom stereocenters. The fourth-order valence-corrected chi connectivity index (χ4v) is 4.54. The zero-order valence-corrected chi connectivity index (χ0v) is 13.8. The molecule has 4 nitrogen and oxygen atoms in total. The van der Waals surface area contributed by atoms with Crippen molar-refractivity contribution in [2.75, 3.05) is 7.11 Å². The molecule has 124 valence electrons. The molecule has 1 saturated carbocycles. The van der Waals surface area contributed by atoms with Gasteiger partial charge >= 0.3 is 0 Å². The molecule has 2 heterocycles. The Bertz CT molecular complexity index is 570. The van der Waals surface area contributed by atoms with Gasteiger partial charge in [-0.3, -0.25) is 9.69 Å². The van der Waals surface area contributed by atoms with Crippen molar-refractivity contribution in [3.8, 4) is 5.75 Å². The molecule has 1 aromatic carbocycles. The highest BCUT2D eigenvalue weighted by Gasteiger charge is 2.45. The molecular weight excluding hydrogens is 288 g/mol. The van der Waals surface area contributed by atoms with Gasteiger partial charge in [0.2, 0.25) is 0 Å². The molecule has 3 fully saturated rings. The largest absolute Gasteiger partial charge is 0.497 e. The Hall–Kier alpha value is -1.55. The fourth-order valence-electron chi connectivity index (χ4n) is 4.54. The molecule has 1 aliphatic carbocycles. The van der Waals surface area contributed by atoms with E-state index >= 15 is 0 Å². The normalized spacial score (nSPS) is 30.7. The van der Waals surface area contributed by atoms with E-state index in [4.69, 9.17) is 4.74 Å². The third kappa shape index (κ3) is 3.09. The lowest BCUT2D eigenvalue weighted by atomic mass is 9.81. The second-order valence-corrected chi connectivity index (χ2v) is 7.29. The summed E-state index contributed by atoms with van der Waals surface area (Å²) in [5.41, 5.74) is 0.694. The van der Waals surface area contributed by atoms with E-state index < -0.39 is 0 Å². The van der Waals surface area contributed by atoms with Crippen LogP contribution >= 0.6 is 0 Å². The number of benzene rings is 1. The van der Waals surface area contributed by atoms with Gasteiger partial charge in [0.05, 0.1) is 7.11 Å². The Morgan fingerprint density at radius 3 is 2.52 bits per heavy atom. The van der Waals surface area contributed by atoms with Crippen molar-refractivity contribution in [2.45, 2.75) is 69.1 Å². The summed E-state index contributed by atoms with van der Waals surface area (Å²) in [6.45, 7) is 0. The number of nitrogens with one attached hydrogen (secondary N) is 1. The summed E-state index contributed by atoms with van der Waals surface area (Å²) in [6, 6.07) is 9.96. The number of rotatable bonds is 4. The minimum Gasteiger partial charge on any atom is -0.497 e. The van der Waals surface area contributed by atoms with Crippen molar-refractivity contribution in [3.05, 3.63) is 29.8 Å². The van der Waals surface area contributed by atoms with Crippen LogP contribution in [-0.4, -0.2) is 42.1 Å². The maximum atomic E-state index is 12.5. The molecule has 4 rings (SSSR count). The van der Waals surface area contributed by atoms with E-state index in [1.54, 1.807) is 7.11 Å². The van der Waals surface area contributed by atoms with Crippen molar-refractivity contribution in [1.82, 2.24) is 10.2 Å². The van der Waals surface area contributed by atoms with Gasteiger partial charge in [-0.25, -0.2) is 0 Å². The van der Waals surface area contributed by atoms with Gasteiger partial charge < -0.3 is 10.1 Å². The first kappa shape index (κ1) is 15.0. The van der Waals surface area contributed by atoms with Gasteiger partial charge in [0, 0.05) is 29.7 Å². The first-order valence-electron chi connectivity index (χ1n) is 8.97. The average Bonchev–Trinajstić information content (AvgIpc) is 3.39. The number of hydrogen-bond donors (Lipinski definition) is 1. The van der Waals surface area contributed by atoms with Crippen LogP contribution in [0.5, 0.6) is 5.75 Å². The quantitative estimate of drug-likeness (QED) is 0.929. The second-order valence-electron chi connectivity index (χ2n) is 7.29. The van der Waals surface area contributed by atoms with E-state index in [0.29, 0.717) is 23.7 Å². The summed E-state index contributed by atoms with van der Waals surface area (Å²) in [5, 5.41) is 3.27. The van der Waals surface area contributed by atoms with Crippen LogP contribution in [0.3, 0.4) is 0 Å². The Morgan fingerprint density at radius 2 is 1.87 bits per heavy atom. The van der Waals surface area contributed by atoms with E-state index in [2.05, 4.69) is 10.2 Å². The van der Waals surface area contributed by atoms with Gasteiger partial charge in [-0.2, -0.15) is 0 Å². The maximum Gasteiger partial charge on any atom is 0.251 e. The average molecular weight is 314 g/mol. The zero-order valence-electron chi connectivity index (χ0n) is 13.8. The smallest absolute Gasteiger partial charge is 0.251 e. The Kier molecular flexibility index (Phi) is 4.02. The second kappa shape index (κ2) is 6.16. The van der Waals surface area contributed by atoms with Crippen molar-refractivity contribution < 1.29 is 9.53 Å². The number of hydrogen-bond acceptors (Lipinski definition) is 3. The lowest BCUT2D eigenvalue weighted by Gasteiger charge is -2.49. The summed E-state index contributed by atoms with van der Waals surface area (Å²) in [5.74, 6) is 0.768. The molecule has 23 heavy (non-hydrogen) atoms. The molecule has 1 aromatic rings. The van der Waals surface area contributed by atoms with Gasteiger partial charge in [0.15, 0.2) is 0 Å². The van der Waals surface area contributed by atoms with Gasteiger partial charge in [-0.15, -0.1) is 0 Å². The molecule has 2 bridgehead atoms. The summed E-state index contributed by atoms with van der Waals surface area (Å²) in [4.78, 5) is 15.3. The first-order valence-corrected chi connectivity index (χ1v) is 8.97. The minimum absolute atomic E-state index is 0.0341. The molecule has 3 aliphatic rings. The van der Waals surface area contributed by atoms with Crippen LogP contribution in [0.2, 0.25) is 0 Å².